The van der Waals surface area contributed by atoms with Crippen molar-refractivity contribution in [2.24, 2.45) is 0 Å². The van der Waals surface area contributed by atoms with Crippen molar-refractivity contribution >= 4 is 22.9 Å². The van der Waals surface area contributed by atoms with Crippen molar-refractivity contribution in [2.45, 2.75) is 18.2 Å². The summed E-state index contributed by atoms with van der Waals surface area (Å²) in [7, 11) is 0. The van der Waals surface area contributed by atoms with Gasteiger partial charge in [-0.3, -0.25) is 0 Å². The molecule has 1 saturated heterocycles. The first-order chi connectivity index (χ1) is 6.36. The summed E-state index contributed by atoms with van der Waals surface area (Å²) in [6.07, 6.45) is 2.68. The maximum Gasteiger partial charge on any atom is 0.0805 e. The van der Waals surface area contributed by atoms with E-state index in [1.54, 1.807) is 11.3 Å². The van der Waals surface area contributed by atoms with Crippen LogP contribution in [-0.4, -0.2) is 24.5 Å². The van der Waals surface area contributed by atoms with Crippen molar-refractivity contribution in [3.05, 3.63) is 22.4 Å². The molecule has 0 aliphatic carbocycles. The largest absolute Gasteiger partial charge is 0.301 e. The molecular formula is C10H14ClNS. The van der Waals surface area contributed by atoms with Crippen LogP contribution in [0.2, 0.25) is 0 Å². The molecule has 72 valence electrons. The summed E-state index contributed by atoms with van der Waals surface area (Å²) in [6, 6.07) is 4.19. The highest BCUT2D eigenvalue weighted by atomic mass is 35.5. The predicted octanol–water partition coefficient (Wildman–Crippen LogP) is 3.12. The van der Waals surface area contributed by atoms with Crippen LogP contribution in [0.4, 0.5) is 0 Å². The average Bonchev–Trinajstić information content (AvgIpc) is 2.74. The third-order valence-corrected chi connectivity index (χ3v) is 3.96. The van der Waals surface area contributed by atoms with Gasteiger partial charge in [-0.25, -0.2) is 0 Å². The monoisotopic (exact) mass is 215 g/mol. The number of rotatable bonds is 3. The smallest absolute Gasteiger partial charge is 0.0805 e. The number of thiophene rings is 1. The van der Waals surface area contributed by atoms with Gasteiger partial charge in [-0.1, -0.05) is 6.07 Å². The number of likely N-dealkylation sites (tertiary alicyclic amines) is 1. The third kappa shape index (κ3) is 2.46. The minimum atomic E-state index is 0.193. The lowest BCUT2D eigenvalue weighted by molar-refractivity contribution is 0.340. The van der Waals surface area contributed by atoms with Crippen LogP contribution in [0.15, 0.2) is 17.5 Å². The summed E-state index contributed by atoms with van der Waals surface area (Å²) >= 11 is 8.05. The highest BCUT2D eigenvalue weighted by Crippen LogP contribution is 2.26. The molecule has 1 aromatic heterocycles. The number of hydrogen-bond acceptors (Lipinski definition) is 2. The number of nitrogens with zero attached hydrogens (tertiary/aromatic N) is 1. The van der Waals surface area contributed by atoms with E-state index in [2.05, 4.69) is 22.4 Å². The Hall–Kier alpha value is -0.0500. The van der Waals surface area contributed by atoms with Crippen LogP contribution in [0, 0.1) is 0 Å². The van der Waals surface area contributed by atoms with Gasteiger partial charge in [0, 0.05) is 11.4 Å². The van der Waals surface area contributed by atoms with Gasteiger partial charge in [0.15, 0.2) is 0 Å². The predicted molar refractivity (Wildman–Crippen MR) is 58.6 cm³/mol. The van der Waals surface area contributed by atoms with E-state index in [1.165, 1.54) is 30.8 Å². The Kier molecular flexibility index (Phi) is 3.25. The fourth-order valence-electron chi connectivity index (χ4n) is 1.75. The Morgan fingerprint density at radius 1 is 1.46 bits per heavy atom. The molecule has 0 amide bonds. The molecule has 0 N–H and O–H groups in total. The van der Waals surface area contributed by atoms with Gasteiger partial charge in [-0.05, 0) is 37.4 Å². The van der Waals surface area contributed by atoms with E-state index in [0.29, 0.717) is 0 Å². The van der Waals surface area contributed by atoms with Crippen LogP contribution < -0.4 is 0 Å². The van der Waals surface area contributed by atoms with Crippen LogP contribution >= 0.6 is 22.9 Å². The summed E-state index contributed by atoms with van der Waals surface area (Å²) in [5.74, 6) is 0. The molecule has 1 aliphatic rings. The molecule has 2 heterocycles. The molecule has 13 heavy (non-hydrogen) atoms. The molecule has 3 heteroatoms. The molecule has 1 aliphatic heterocycles. The van der Waals surface area contributed by atoms with Crippen molar-refractivity contribution in [2.75, 3.05) is 19.6 Å². The van der Waals surface area contributed by atoms with Gasteiger partial charge in [0.25, 0.3) is 0 Å². The Morgan fingerprint density at radius 2 is 2.23 bits per heavy atom. The minimum Gasteiger partial charge on any atom is -0.301 e. The second-order valence-corrected chi connectivity index (χ2v) is 5.00. The van der Waals surface area contributed by atoms with Crippen molar-refractivity contribution < 1.29 is 0 Å². The Labute approximate surface area is 88.3 Å². The van der Waals surface area contributed by atoms with E-state index in [9.17, 15) is 0 Å². The van der Waals surface area contributed by atoms with Crippen molar-refractivity contribution in [3.63, 3.8) is 0 Å². The summed E-state index contributed by atoms with van der Waals surface area (Å²) < 4.78 is 0. The van der Waals surface area contributed by atoms with E-state index in [0.717, 1.165) is 6.54 Å². The molecule has 1 nitrogen and oxygen atoms in total. The second-order valence-electron chi connectivity index (χ2n) is 3.49. The van der Waals surface area contributed by atoms with E-state index >= 15 is 0 Å². The first kappa shape index (κ1) is 9.50. The molecule has 1 aromatic rings. The standard InChI is InChI=1S/C10H14ClNS/c11-9(10-4-3-7-13-10)8-12-5-1-2-6-12/h3-4,7,9H,1-2,5-6,8H2. The van der Waals surface area contributed by atoms with Crippen LogP contribution in [0.5, 0.6) is 0 Å². The summed E-state index contributed by atoms with van der Waals surface area (Å²) in [4.78, 5) is 3.76. The van der Waals surface area contributed by atoms with E-state index in [4.69, 9.17) is 11.6 Å². The highest BCUT2D eigenvalue weighted by molar-refractivity contribution is 7.10. The topological polar surface area (TPSA) is 3.24 Å². The second kappa shape index (κ2) is 4.45. The van der Waals surface area contributed by atoms with Gasteiger partial charge in [0.05, 0.1) is 5.38 Å². The molecule has 0 bridgehead atoms. The minimum absolute atomic E-state index is 0.193. The molecule has 1 unspecified atom stereocenters. The van der Waals surface area contributed by atoms with Gasteiger partial charge in [-0.15, -0.1) is 22.9 Å². The van der Waals surface area contributed by atoms with Gasteiger partial charge >= 0.3 is 0 Å². The Balaban J connectivity index is 1.87. The quantitative estimate of drug-likeness (QED) is 0.701. The van der Waals surface area contributed by atoms with Crippen LogP contribution in [0.25, 0.3) is 0 Å². The molecule has 0 aromatic carbocycles. The lowest BCUT2D eigenvalue weighted by Gasteiger charge is -2.17. The van der Waals surface area contributed by atoms with Gasteiger partial charge in [0.1, 0.15) is 0 Å². The lowest BCUT2D eigenvalue weighted by Crippen LogP contribution is -2.23. The number of hydrogen-bond donors (Lipinski definition) is 0. The molecule has 2 rings (SSSR count). The molecule has 0 saturated carbocycles. The maximum atomic E-state index is 6.30. The third-order valence-electron chi connectivity index (χ3n) is 2.47. The fraction of sp³-hybridized carbons (Fsp3) is 0.600. The Morgan fingerprint density at radius 3 is 2.85 bits per heavy atom. The van der Waals surface area contributed by atoms with E-state index in [1.807, 2.05) is 0 Å². The van der Waals surface area contributed by atoms with Gasteiger partial charge < -0.3 is 4.90 Å². The van der Waals surface area contributed by atoms with E-state index in [-0.39, 0.29) is 5.38 Å². The van der Waals surface area contributed by atoms with Gasteiger partial charge in [-0.2, -0.15) is 0 Å². The molecule has 0 spiro atoms. The first-order valence-corrected chi connectivity index (χ1v) is 6.08. The van der Waals surface area contributed by atoms with E-state index < -0.39 is 0 Å². The molecule has 0 radical (unpaired) electrons. The zero-order chi connectivity index (χ0) is 9.10. The van der Waals surface area contributed by atoms with Crippen molar-refractivity contribution in [1.82, 2.24) is 4.90 Å². The first-order valence-electron chi connectivity index (χ1n) is 4.76. The molecule has 1 fully saturated rings. The zero-order valence-electron chi connectivity index (χ0n) is 7.58. The van der Waals surface area contributed by atoms with Crippen LogP contribution in [-0.2, 0) is 0 Å². The summed E-state index contributed by atoms with van der Waals surface area (Å²) in [6.45, 7) is 3.48. The zero-order valence-corrected chi connectivity index (χ0v) is 9.15. The summed E-state index contributed by atoms with van der Waals surface area (Å²) in [5, 5.41) is 2.28. The van der Waals surface area contributed by atoms with Crippen LogP contribution in [0.3, 0.4) is 0 Å². The average molecular weight is 216 g/mol. The summed E-state index contributed by atoms with van der Waals surface area (Å²) in [5.41, 5.74) is 0. The van der Waals surface area contributed by atoms with Gasteiger partial charge in [0.2, 0.25) is 0 Å². The lowest BCUT2D eigenvalue weighted by atomic mass is 10.3. The Bertz CT molecular complexity index is 241. The van der Waals surface area contributed by atoms with Crippen molar-refractivity contribution in [1.29, 1.82) is 0 Å². The fourth-order valence-corrected chi connectivity index (χ4v) is 2.87. The number of halogens is 1. The molecule has 1 atom stereocenters. The van der Waals surface area contributed by atoms with Crippen molar-refractivity contribution in [3.8, 4) is 0 Å². The highest BCUT2D eigenvalue weighted by Gasteiger charge is 2.17. The SMILES string of the molecule is ClC(CN1CCCC1)c1cccs1. The maximum absolute atomic E-state index is 6.30. The molecular weight excluding hydrogens is 202 g/mol. The van der Waals surface area contributed by atoms with Crippen LogP contribution in [0.1, 0.15) is 23.1 Å². The number of alkyl halides is 1. The normalized spacial score (nSPS) is 20.7.